The minimum absolute atomic E-state index is 0.327. The van der Waals surface area contributed by atoms with Crippen LogP contribution in [0.4, 0.5) is 0 Å². The third kappa shape index (κ3) is 2.74. The lowest BCUT2D eigenvalue weighted by atomic mass is 10.3. The Balaban J connectivity index is 2.57. The van der Waals surface area contributed by atoms with E-state index in [2.05, 4.69) is 23.2 Å². The maximum atomic E-state index is 8.56. The van der Waals surface area contributed by atoms with Gasteiger partial charge in [-0.05, 0) is 6.42 Å². The van der Waals surface area contributed by atoms with Gasteiger partial charge >= 0.3 is 0 Å². The third-order valence-electron chi connectivity index (χ3n) is 1.72. The molecule has 0 aliphatic carbocycles. The van der Waals surface area contributed by atoms with Gasteiger partial charge in [0.1, 0.15) is 6.33 Å². The molecule has 4 nitrogen and oxygen atoms in total. The molecule has 1 heterocycles. The van der Waals surface area contributed by atoms with E-state index in [9.17, 15) is 0 Å². The molecule has 0 amide bonds. The molecule has 0 N–H and O–H groups in total. The van der Waals surface area contributed by atoms with E-state index in [0.29, 0.717) is 11.7 Å². The summed E-state index contributed by atoms with van der Waals surface area (Å²) >= 11 is 1.61. The van der Waals surface area contributed by atoms with E-state index < -0.39 is 0 Å². The topological polar surface area (TPSA) is 54.5 Å². The Labute approximate surface area is 82.0 Å². The third-order valence-corrected chi connectivity index (χ3v) is 3.13. The van der Waals surface area contributed by atoms with Gasteiger partial charge in [0.05, 0.1) is 6.07 Å². The largest absolute Gasteiger partial charge is 0.312 e. The highest BCUT2D eigenvalue weighted by Crippen LogP contribution is 2.24. The van der Waals surface area contributed by atoms with Gasteiger partial charge in [-0.2, -0.15) is 5.26 Å². The van der Waals surface area contributed by atoms with Crippen LogP contribution in [0, 0.1) is 11.3 Å². The van der Waals surface area contributed by atoms with Crippen LogP contribution in [0.2, 0.25) is 0 Å². The second kappa shape index (κ2) is 4.87. The summed E-state index contributed by atoms with van der Waals surface area (Å²) in [4.78, 5) is 0. The Morgan fingerprint density at radius 1 is 1.77 bits per heavy atom. The number of hydrogen-bond acceptors (Lipinski definition) is 4. The number of nitrogens with zero attached hydrogens (tertiary/aromatic N) is 4. The first kappa shape index (κ1) is 10.1. The van der Waals surface area contributed by atoms with Crippen LogP contribution in [0.1, 0.15) is 19.8 Å². The molecule has 0 aliphatic rings. The summed E-state index contributed by atoms with van der Waals surface area (Å²) in [7, 11) is 1.90. The zero-order valence-corrected chi connectivity index (χ0v) is 8.58. The Bertz CT molecular complexity index is 301. The molecule has 70 valence electrons. The number of aromatic nitrogens is 3. The van der Waals surface area contributed by atoms with E-state index >= 15 is 0 Å². The average Bonchev–Trinajstić information content (AvgIpc) is 2.51. The molecule has 13 heavy (non-hydrogen) atoms. The molecule has 1 unspecified atom stereocenters. The lowest BCUT2D eigenvalue weighted by Crippen LogP contribution is -2.01. The van der Waals surface area contributed by atoms with E-state index in [0.717, 1.165) is 11.6 Å². The van der Waals surface area contributed by atoms with Crippen molar-refractivity contribution in [2.24, 2.45) is 7.05 Å². The van der Waals surface area contributed by atoms with Crippen molar-refractivity contribution in [3.63, 3.8) is 0 Å². The van der Waals surface area contributed by atoms with Crippen molar-refractivity contribution < 1.29 is 0 Å². The molecule has 1 aromatic rings. The van der Waals surface area contributed by atoms with Crippen LogP contribution in [-0.2, 0) is 7.05 Å². The lowest BCUT2D eigenvalue weighted by molar-refractivity contribution is 0.771. The van der Waals surface area contributed by atoms with Crippen molar-refractivity contribution in [2.45, 2.75) is 30.2 Å². The molecular formula is C8H12N4S. The second-order valence-electron chi connectivity index (χ2n) is 2.73. The molecule has 0 aliphatic heterocycles. The fourth-order valence-corrected chi connectivity index (χ4v) is 1.83. The molecule has 5 heteroatoms. The van der Waals surface area contributed by atoms with Gasteiger partial charge in [0.2, 0.25) is 0 Å². The number of rotatable bonds is 4. The molecule has 0 saturated heterocycles. The van der Waals surface area contributed by atoms with E-state index in [1.54, 1.807) is 18.1 Å². The van der Waals surface area contributed by atoms with Gasteiger partial charge in [0, 0.05) is 18.7 Å². The van der Waals surface area contributed by atoms with Gasteiger partial charge in [0.25, 0.3) is 0 Å². The van der Waals surface area contributed by atoms with Gasteiger partial charge in [0.15, 0.2) is 5.16 Å². The first-order valence-corrected chi connectivity index (χ1v) is 5.03. The van der Waals surface area contributed by atoms with Crippen molar-refractivity contribution in [3.05, 3.63) is 6.33 Å². The molecule has 1 aromatic heterocycles. The Morgan fingerprint density at radius 3 is 3.00 bits per heavy atom. The summed E-state index contributed by atoms with van der Waals surface area (Å²) in [6.07, 6.45) is 3.21. The Hall–Kier alpha value is -1.02. The summed E-state index contributed by atoms with van der Waals surface area (Å²) in [6.45, 7) is 2.07. The molecule has 0 spiro atoms. The van der Waals surface area contributed by atoms with Crippen LogP contribution in [0.5, 0.6) is 0 Å². The standard InChI is InChI=1S/C8H12N4S/c1-3-7(4-5-9)13-8-11-10-6-12(8)2/h6-7H,3-4H2,1-2H3. The summed E-state index contributed by atoms with van der Waals surface area (Å²) in [5.41, 5.74) is 0. The predicted molar refractivity (Wildman–Crippen MR) is 51.2 cm³/mol. The van der Waals surface area contributed by atoms with Crippen molar-refractivity contribution in [1.29, 1.82) is 5.26 Å². The van der Waals surface area contributed by atoms with E-state index in [4.69, 9.17) is 5.26 Å². The molecule has 0 fully saturated rings. The van der Waals surface area contributed by atoms with Gasteiger partial charge in [-0.3, -0.25) is 0 Å². The van der Waals surface area contributed by atoms with Gasteiger partial charge in [-0.1, -0.05) is 18.7 Å². The fraction of sp³-hybridized carbons (Fsp3) is 0.625. The first-order valence-electron chi connectivity index (χ1n) is 4.15. The predicted octanol–water partition coefficient (Wildman–Crippen LogP) is 1.60. The van der Waals surface area contributed by atoms with Crippen LogP contribution in [-0.4, -0.2) is 20.0 Å². The van der Waals surface area contributed by atoms with Crippen LogP contribution in [0.15, 0.2) is 11.5 Å². The quantitative estimate of drug-likeness (QED) is 0.686. The number of thioether (sulfide) groups is 1. The zero-order valence-electron chi connectivity index (χ0n) is 7.77. The zero-order chi connectivity index (χ0) is 9.68. The van der Waals surface area contributed by atoms with Crippen molar-refractivity contribution in [2.75, 3.05) is 0 Å². The molecule has 0 radical (unpaired) electrons. The van der Waals surface area contributed by atoms with Crippen LogP contribution >= 0.6 is 11.8 Å². The van der Waals surface area contributed by atoms with E-state index in [1.165, 1.54) is 0 Å². The molecule has 0 saturated carbocycles. The lowest BCUT2D eigenvalue weighted by Gasteiger charge is -2.08. The minimum Gasteiger partial charge on any atom is -0.312 e. The maximum absolute atomic E-state index is 8.56. The van der Waals surface area contributed by atoms with Crippen LogP contribution < -0.4 is 0 Å². The van der Waals surface area contributed by atoms with E-state index in [1.807, 2.05) is 11.6 Å². The van der Waals surface area contributed by atoms with E-state index in [-0.39, 0.29) is 0 Å². The maximum Gasteiger partial charge on any atom is 0.191 e. The van der Waals surface area contributed by atoms with Gasteiger partial charge in [-0.15, -0.1) is 10.2 Å². The fourth-order valence-electron chi connectivity index (χ4n) is 0.900. The van der Waals surface area contributed by atoms with Crippen LogP contribution in [0.25, 0.3) is 0 Å². The highest BCUT2D eigenvalue weighted by molar-refractivity contribution is 7.99. The normalized spacial score (nSPS) is 12.4. The van der Waals surface area contributed by atoms with Crippen LogP contribution in [0.3, 0.4) is 0 Å². The van der Waals surface area contributed by atoms with Gasteiger partial charge < -0.3 is 4.57 Å². The van der Waals surface area contributed by atoms with Crippen molar-refractivity contribution in [3.8, 4) is 6.07 Å². The smallest absolute Gasteiger partial charge is 0.191 e. The highest BCUT2D eigenvalue weighted by Gasteiger charge is 2.10. The Kier molecular flexibility index (Phi) is 3.77. The monoisotopic (exact) mass is 196 g/mol. The molecular weight excluding hydrogens is 184 g/mol. The average molecular weight is 196 g/mol. The van der Waals surface area contributed by atoms with Crippen molar-refractivity contribution in [1.82, 2.24) is 14.8 Å². The first-order chi connectivity index (χ1) is 6.27. The SMILES string of the molecule is CCC(CC#N)Sc1nncn1C. The summed E-state index contributed by atoms with van der Waals surface area (Å²) < 4.78 is 1.87. The highest BCUT2D eigenvalue weighted by atomic mass is 32.2. The molecule has 1 rings (SSSR count). The van der Waals surface area contributed by atoms with Gasteiger partial charge in [-0.25, -0.2) is 0 Å². The summed E-state index contributed by atoms with van der Waals surface area (Å²) in [6, 6.07) is 2.17. The van der Waals surface area contributed by atoms with Crippen molar-refractivity contribution >= 4 is 11.8 Å². The minimum atomic E-state index is 0.327. The summed E-state index contributed by atoms with van der Waals surface area (Å²) in [5, 5.41) is 17.5. The second-order valence-corrected chi connectivity index (χ2v) is 4.00. The summed E-state index contributed by atoms with van der Waals surface area (Å²) in [5.74, 6) is 0. The Morgan fingerprint density at radius 2 is 2.54 bits per heavy atom. The number of hydrogen-bond donors (Lipinski definition) is 0. The molecule has 1 atom stereocenters. The molecule has 0 bridgehead atoms. The number of aryl methyl sites for hydroxylation is 1. The molecule has 0 aromatic carbocycles. The number of nitriles is 1.